The molecule has 0 bridgehead atoms. The van der Waals surface area contributed by atoms with Crippen LogP contribution in [0.25, 0.3) is 0 Å². The standard InChI is InChI=1S/C16H19ClN2O5/c1-16(9-24-2,15(22)23)18-14(21)10-7-13(20)19(8-10)12-6-4-3-5-11(12)17/h3-6,10H,7-9H2,1-2H3,(H,18,21)(H,22,23). The topological polar surface area (TPSA) is 95.9 Å². The van der Waals surface area contributed by atoms with Gasteiger partial charge < -0.3 is 20.1 Å². The summed E-state index contributed by atoms with van der Waals surface area (Å²) in [6, 6.07) is 6.87. The van der Waals surface area contributed by atoms with Crippen LogP contribution in [0.5, 0.6) is 0 Å². The van der Waals surface area contributed by atoms with Crippen LogP contribution in [0.4, 0.5) is 5.69 Å². The summed E-state index contributed by atoms with van der Waals surface area (Å²) in [5.41, 5.74) is -1.01. The van der Waals surface area contributed by atoms with Gasteiger partial charge >= 0.3 is 5.97 Å². The molecule has 0 aliphatic carbocycles. The summed E-state index contributed by atoms with van der Waals surface area (Å²) in [7, 11) is 1.35. The van der Waals surface area contributed by atoms with Crippen molar-refractivity contribution in [3.8, 4) is 0 Å². The highest BCUT2D eigenvalue weighted by molar-refractivity contribution is 6.33. The van der Waals surface area contributed by atoms with Crippen molar-refractivity contribution in [1.29, 1.82) is 0 Å². The largest absolute Gasteiger partial charge is 0.479 e. The SMILES string of the molecule is COCC(C)(NC(=O)C1CC(=O)N(c2ccccc2Cl)C1)C(=O)O. The summed E-state index contributed by atoms with van der Waals surface area (Å²) in [4.78, 5) is 37.4. The van der Waals surface area contributed by atoms with Gasteiger partial charge in [-0.25, -0.2) is 4.79 Å². The van der Waals surface area contributed by atoms with Gasteiger partial charge in [-0.15, -0.1) is 0 Å². The van der Waals surface area contributed by atoms with Crippen molar-refractivity contribution in [2.75, 3.05) is 25.2 Å². The molecular weight excluding hydrogens is 336 g/mol. The van der Waals surface area contributed by atoms with E-state index in [1.165, 1.54) is 18.9 Å². The third-order valence-electron chi connectivity index (χ3n) is 3.94. The Labute approximate surface area is 144 Å². The molecule has 1 heterocycles. The second-order valence-electron chi connectivity index (χ2n) is 5.92. The summed E-state index contributed by atoms with van der Waals surface area (Å²) in [6.07, 6.45) is -0.000260. The highest BCUT2D eigenvalue weighted by atomic mass is 35.5. The molecule has 0 spiro atoms. The molecule has 1 saturated heterocycles. The van der Waals surface area contributed by atoms with Gasteiger partial charge in [-0.2, -0.15) is 0 Å². The van der Waals surface area contributed by atoms with Crippen LogP contribution < -0.4 is 10.2 Å². The van der Waals surface area contributed by atoms with Crippen molar-refractivity contribution in [1.82, 2.24) is 5.32 Å². The van der Waals surface area contributed by atoms with E-state index in [9.17, 15) is 19.5 Å². The number of nitrogens with one attached hydrogen (secondary N) is 1. The summed E-state index contributed by atoms with van der Waals surface area (Å²) < 4.78 is 4.87. The molecule has 7 nitrogen and oxygen atoms in total. The zero-order valence-corrected chi connectivity index (χ0v) is 14.2. The molecule has 8 heteroatoms. The zero-order valence-electron chi connectivity index (χ0n) is 13.4. The summed E-state index contributed by atoms with van der Waals surface area (Å²) >= 11 is 6.10. The van der Waals surface area contributed by atoms with Crippen molar-refractivity contribution >= 4 is 35.1 Å². The fourth-order valence-corrected chi connectivity index (χ4v) is 2.84. The molecule has 2 N–H and O–H groups in total. The van der Waals surface area contributed by atoms with Crippen molar-refractivity contribution in [3.63, 3.8) is 0 Å². The number of amides is 2. The quantitative estimate of drug-likeness (QED) is 0.802. The average Bonchev–Trinajstić information content (AvgIpc) is 2.90. The number of nitrogens with zero attached hydrogens (tertiary/aromatic N) is 1. The fourth-order valence-electron chi connectivity index (χ4n) is 2.60. The van der Waals surface area contributed by atoms with E-state index in [0.717, 1.165) is 0 Å². The van der Waals surface area contributed by atoms with E-state index >= 15 is 0 Å². The molecule has 1 aromatic rings. The first-order chi connectivity index (χ1) is 11.3. The summed E-state index contributed by atoms with van der Waals surface area (Å²) in [5, 5.41) is 12.2. The predicted octanol–water partition coefficient (Wildman–Crippen LogP) is 1.30. The molecule has 130 valence electrons. The number of carbonyl (C=O) groups excluding carboxylic acids is 2. The Hall–Kier alpha value is -2.12. The molecule has 2 unspecified atom stereocenters. The van der Waals surface area contributed by atoms with E-state index in [0.29, 0.717) is 10.7 Å². The van der Waals surface area contributed by atoms with Gasteiger partial charge in [0.2, 0.25) is 11.8 Å². The Morgan fingerprint density at radius 1 is 1.46 bits per heavy atom. The van der Waals surface area contributed by atoms with Crippen LogP contribution >= 0.6 is 11.6 Å². The van der Waals surface area contributed by atoms with Gasteiger partial charge in [-0.05, 0) is 19.1 Å². The van der Waals surface area contributed by atoms with Crippen LogP contribution in [0.3, 0.4) is 0 Å². The molecule has 2 rings (SSSR count). The third kappa shape index (κ3) is 3.68. The van der Waals surface area contributed by atoms with Crippen molar-refractivity contribution in [3.05, 3.63) is 29.3 Å². The van der Waals surface area contributed by atoms with Crippen LogP contribution in [0.15, 0.2) is 24.3 Å². The molecule has 2 amide bonds. The molecule has 0 radical (unpaired) electrons. The Morgan fingerprint density at radius 3 is 2.71 bits per heavy atom. The number of aliphatic carboxylic acids is 1. The normalized spacial score (nSPS) is 19.9. The maximum Gasteiger partial charge on any atom is 0.331 e. The molecule has 1 aliphatic rings. The smallest absolute Gasteiger partial charge is 0.331 e. The van der Waals surface area contributed by atoms with Crippen LogP contribution in [-0.2, 0) is 19.1 Å². The number of benzene rings is 1. The van der Waals surface area contributed by atoms with E-state index in [1.807, 2.05) is 0 Å². The second-order valence-corrected chi connectivity index (χ2v) is 6.32. The van der Waals surface area contributed by atoms with Gasteiger partial charge in [0.05, 0.1) is 23.2 Å². The van der Waals surface area contributed by atoms with E-state index in [4.69, 9.17) is 16.3 Å². The van der Waals surface area contributed by atoms with Crippen LogP contribution in [0, 0.1) is 5.92 Å². The van der Waals surface area contributed by atoms with Crippen molar-refractivity contribution in [2.45, 2.75) is 18.9 Å². The lowest BCUT2D eigenvalue weighted by molar-refractivity contribution is -0.149. The van der Waals surface area contributed by atoms with Gasteiger partial charge in [-0.3, -0.25) is 9.59 Å². The zero-order chi connectivity index (χ0) is 17.9. The predicted molar refractivity (Wildman–Crippen MR) is 88.0 cm³/mol. The first kappa shape index (κ1) is 18.2. The van der Waals surface area contributed by atoms with Gasteiger partial charge in [0, 0.05) is 20.1 Å². The van der Waals surface area contributed by atoms with Crippen LogP contribution in [0.1, 0.15) is 13.3 Å². The van der Waals surface area contributed by atoms with Gasteiger partial charge in [0.25, 0.3) is 0 Å². The second kappa shape index (κ2) is 7.19. The Bertz CT molecular complexity index is 666. The number of carboxylic acid groups (broad SMARTS) is 1. The number of hydrogen-bond donors (Lipinski definition) is 2. The molecule has 0 saturated carbocycles. The maximum absolute atomic E-state index is 12.4. The number of ether oxygens (including phenoxy) is 1. The first-order valence-electron chi connectivity index (χ1n) is 7.37. The lowest BCUT2D eigenvalue weighted by Crippen LogP contribution is -2.56. The molecule has 0 aromatic heterocycles. The molecule has 1 aliphatic heterocycles. The number of para-hydroxylation sites is 1. The van der Waals surface area contributed by atoms with E-state index < -0.39 is 23.3 Å². The number of halogens is 1. The van der Waals surface area contributed by atoms with Crippen molar-refractivity contribution in [2.24, 2.45) is 5.92 Å². The molecule has 1 aromatic carbocycles. The highest BCUT2D eigenvalue weighted by Gasteiger charge is 2.41. The Balaban J connectivity index is 2.12. The van der Waals surface area contributed by atoms with Gasteiger partial charge in [0.15, 0.2) is 5.54 Å². The number of hydrogen-bond acceptors (Lipinski definition) is 4. The number of anilines is 1. The minimum absolute atomic E-state index is 0.000260. The Kier molecular flexibility index (Phi) is 5.46. The lowest BCUT2D eigenvalue weighted by atomic mass is 10.0. The average molecular weight is 355 g/mol. The van der Waals surface area contributed by atoms with Crippen molar-refractivity contribution < 1.29 is 24.2 Å². The molecular formula is C16H19ClN2O5. The molecule has 1 fully saturated rings. The molecule has 2 atom stereocenters. The van der Waals surface area contributed by atoms with E-state index in [2.05, 4.69) is 5.32 Å². The summed E-state index contributed by atoms with van der Waals surface area (Å²) in [6.45, 7) is 1.33. The Morgan fingerprint density at radius 2 is 2.12 bits per heavy atom. The minimum Gasteiger partial charge on any atom is -0.479 e. The van der Waals surface area contributed by atoms with E-state index in [1.54, 1.807) is 24.3 Å². The molecule has 24 heavy (non-hydrogen) atoms. The fraction of sp³-hybridized carbons (Fsp3) is 0.438. The highest BCUT2D eigenvalue weighted by Crippen LogP contribution is 2.31. The van der Waals surface area contributed by atoms with Gasteiger partial charge in [-0.1, -0.05) is 23.7 Å². The van der Waals surface area contributed by atoms with Crippen LogP contribution in [0.2, 0.25) is 5.02 Å². The monoisotopic (exact) mass is 354 g/mol. The lowest BCUT2D eigenvalue weighted by Gasteiger charge is -2.26. The number of carboxylic acids is 1. The number of carbonyl (C=O) groups is 3. The number of rotatable bonds is 6. The van der Waals surface area contributed by atoms with E-state index in [-0.39, 0.29) is 25.5 Å². The summed E-state index contributed by atoms with van der Waals surface area (Å²) in [5.74, 6) is -2.58. The number of methoxy groups -OCH3 is 1. The minimum atomic E-state index is -1.55. The maximum atomic E-state index is 12.4. The van der Waals surface area contributed by atoms with Gasteiger partial charge in [0.1, 0.15) is 0 Å². The van der Waals surface area contributed by atoms with Crippen LogP contribution in [-0.4, -0.2) is 48.7 Å². The third-order valence-corrected chi connectivity index (χ3v) is 4.26. The first-order valence-corrected chi connectivity index (χ1v) is 7.75.